The molecule has 0 radical (unpaired) electrons. The van der Waals surface area contributed by atoms with Gasteiger partial charge in [-0.2, -0.15) is 0 Å². The molecular formula is C18H21N3O. The molecule has 22 heavy (non-hydrogen) atoms. The van der Waals surface area contributed by atoms with Crippen LogP contribution < -0.4 is 10.6 Å². The van der Waals surface area contributed by atoms with E-state index < -0.39 is 5.66 Å². The number of carbonyl (C=O) groups is 1. The maximum Gasteiger partial charge on any atom is 0.155 e. The maximum atomic E-state index is 12.0. The Balaban J connectivity index is 1.83. The molecule has 0 saturated carbocycles. The molecule has 3 rings (SSSR count). The van der Waals surface area contributed by atoms with Gasteiger partial charge in [-0.15, -0.1) is 0 Å². The molecule has 0 amide bonds. The summed E-state index contributed by atoms with van der Waals surface area (Å²) < 4.78 is 0. The van der Waals surface area contributed by atoms with Gasteiger partial charge in [0.2, 0.25) is 0 Å². The first kappa shape index (κ1) is 14.9. The van der Waals surface area contributed by atoms with Crippen LogP contribution in [0.25, 0.3) is 0 Å². The first-order chi connectivity index (χ1) is 10.8. The number of carbonyl (C=O) groups excluding carboxylic acids is 1. The first-order valence-electron chi connectivity index (χ1n) is 7.57. The van der Waals surface area contributed by atoms with E-state index in [0.29, 0.717) is 19.8 Å². The Morgan fingerprint density at radius 1 is 1.00 bits per heavy atom. The zero-order chi connectivity index (χ0) is 15.3. The Morgan fingerprint density at radius 2 is 1.64 bits per heavy atom. The van der Waals surface area contributed by atoms with E-state index in [1.165, 1.54) is 5.56 Å². The van der Waals surface area contributed by atoms with Crippen molar-refractivity contribution in [2.45, 2.75) is 18.6 Å². The highest BCUT2D eigenvalue weighted by Crippen LogP contribution is 2.20. The summed E-state index contributed by atoms with van der Waals surface area (Å²) in [6, 6.07) is 20.4. The molecule has 0 bridgehead atoms. The Morgan fingerprint density at radius 3 is 2.27 bits per heavy atom. The van der Waals surface area contributed by atoms with E-state index in [0.717, 1.165) is 18.4 Å². The molecule has 2 aromatic rings. The van der Waals surface area contributed by atoms with E-state index in [9.17, 15) is 4.79 Å². The molecular weight excluding hydrogens is 274 g/mol. The summed E-state index contributed by atoms with van der Waals surface area (Å²) in [5.74, 6) is 0. The smallest absolute Gasteiger partial charge is 0.155 e. The van der Waals surface area contributed by atoms with Crippen LogP contribution in [-0.4, -0.2) is 30.2 Å². The Hall–Kier alpha value is -2.01. The molecule has 1 atom stereocenters. The van der Waals surface area contributed by atoms with Crippen LogP contribution in [0, 0.1) is 0 Å². The van der Waals surface area contributed by atoms with Gasteiger partial charge in [0.05, 0.1) is 6.67 Å². The lowest BCUT2D eigenvalue weighted by Crippen LogP contribution is -2.69. The zero-order valence-corrected chi connectivity index (χ0v) is 12.5. The lowest BCUT2D eigenvalue weighted by Gasteiger charge is -2.44. The van der Waals surface area contributed by atoms with E-state index >= 15 is 0 Å². The number of aldehydes is 1. The molecule has 1 saturated heterocycles. The topological polar surface area (TPSA) is 44.4 Å². The van der Waals surface area contributed by atoms with Crippen molar-refractivity contribution < 1.29 is 4.79 Å². The summed E-state index contributed by atoms with van der Waals surface area (Å²) in [6.45, 7) is 2.05. The van der Waals surface area contributed by atoms with Crippen molar-refractivity contribution >= 4 is 6.29 Å². The average molecular weight is 295 g/mol. The van der Waals surface area contributed by atoms with Gasteiger partial charge in [-0.05, 0) is 11.1 Å². The second-order valence-electron chi connectivity index (χ2n) is 5.65. The monoisotopic (exact) mass is 295 g/mol. The molecule has 114 valence electrons. The fourth-order valence-corrected chi connectivity index (χ4v) is 2.90. The predicted molar refractivity (Wildman–Crippen MR) is 86.9 cm³/mol. The van der Waals surface area contributed by atoms with Crippen LogP contribution >= 0.6 is 0 Å². The van der Waals surface area contributed by atoms with Gasteiger partial charge >= 0.3 is 0 Å². The third-order valence-electron chi connectivity index (χ3n) is 4.11. The van der Waals surface area contributed by atoms with Crippen molar-refractivity contribution in [1.29, 1.82) is 0 Å². The molecule has 1 fully saturated rings. The third-order valence-corrected chi connectivity index (χ3v) is 4.11. The number of hydrogen-bond acceptors (Lipinski definition) is 4. The molecule has 1 heterocycles. The number of hydrogen-bond donors (Lipinski definition) is 2. The molecule has 1 aliphatic heterocycles. The minimum atomic E-state index is -0.664. The van der Waals surface area contributed by atoms with Crippen molar-refractivity contribution in [2.75, 3.05) is 13.3 Å². The number of rotatable bonds is 5. The lowest BCUT2D eigenvalue weighted by atomic mass is 9.97. The number of nitrogens with zero attached hydrogens (tertiary/aromatic N) is 1. The molecule has 0 aliphatic carbocycles. The molecule has 2 aromatic carbocycles. The van der Waals surface area contributed by atoms with Gasteiger partial charge in [-0.1, -0.05) is 60.7 Å². The fourth-order valence-electron chi connectivity index (χ4n) is 2.90. The highest BCUT2D eigenvalue weighted by Gasteiger charge is 2.38. The first-order valence-corrected chi connectivity index (χ1v) is 7.57. The van der Waals surface area contributed by atoms with Crippen LogP contribution in [0.4, 0.5) is 0 Å². The van der Waals surface area contributed by atoms with Gasteiger partial charge in [0.25, 0.3) is 0 Å². The average Bonchev–Trinajstić information content (AvgIpc) is 2.58. The van der Waals surface area contributed by atoms with Crippen molar-refractivity contribution in [3.05, 3.63) is 71.8 Å². The fraction of sp³-hybridized carbons (Fsp3) is 0.278. The Kier molecular flexibility index (Phi) is 4.63. The minimum absolute atomic E-state index is 0.636. The second-order valence-corrected chi connectivity index (χ2v) is 5.65. The van der Waals surface area contributed by atoms with E-state index in [4.69, 9.17) is 0 Å². The molecule has 4 heteroatoms. The Bertz CT molecular complexity index is 602. The van der Waals surface area contributed by atoms with Crippen LogP contribution in [0.2, 0.25) is 0 Å². The standard InChI is InChI=1S/C18H21N3O/c22-13-18(11-16-7-3-1-4-8-16)20-14-19-15-21(18)12-17-9-5-2-6-10-17/h1-10,13,19-20H,11-12,14-15H2. The quantitative estimate of drug-likeness (QED) is 0.825. The van der Waals surface area contributed by atoms with Crippen LogP contribution in [0.5, 0.6) is 0 Å². The molecule has 0 aromatic heterocycles. The van der Waals surface area contributed by atoms with Crippen LogP contribution in [0.3, 0.4) is 0 Å². The van der Waals surface area contributed by atoms with Crippen LogP contribution in [0.15, 0.2) is 60.7 Å². The van der Waals surface area contributed by atoms with E-state index in [1.54, 1.807) is 0 Å². The summed E-state index contributed by atoms with van der Waals surface area (Å²) in [5, 5.41) is 6.63. The molecule has 4 nitrogen and oxygen atoms in total. The van der Waals surface area contributed by atoms with Gasteiger partial charge in [-0.3, -0.25) is 20.3 Å². The van der Waals surface area contributed by atoms with Gasteiger partial charge in [0, 0.05) is 19.6 Å². The lowest BCUT2D eigenvalue weighted by molar-refractivity contribution is -0.124. The number of nitrogens with one attached hydrogen (secondary N) is 2. The predicted octanol–water partition coefficient (Wildman–Crippen LogP) is 1.73. The highest BCUT2D eigenvalue weighted by atomic mass is 16.1. The van der Waals surface area contributed by atoms with E-state index in [2.05, 4.69) is 39.8 Å². The third kappa shape index (κ3) is 3.25. The second kappa shape index (κ2) is 6.83. The van der Waals surface area contributed by atoms with Gasteiger partial charge in [0.1, 0.15) is 5.66 Å². The van der Waals surface area contributed by atoms with Crippen LogP contribution in [0.1, 0.15) is 11.1 Å². The maximum absolute atomic E-state index is 12.0. The van der Waals surface area contributed by atoms with Gasteiger partial charge in [0.15, 0.2) is 6.29 Å². The van der Waals surface area contributed by atoms with Crippen molar-refractivity contribution in [1.82, 2.24) is 15.5 Å². The Labute approximate surface area is 131 Å². The largest absolute Gasteiger partial charge is 0.300 e. The minimum Gasteiger partial charge on any atom is -0.300 e. The SMILES string of the molecule is O=CC1(Cc2ccccc2)NCNCN1Cc1ccccc1. The van der Waals surface area contributed by atoms with E-state index in [-0.39, 0.29) is 0 Å². The molecule has 1 aliphatic rings. The van der Waals surface area contributed by atoms with Crippen molar-refractivity contribution in [3.8, 4) is 0 Å². The van der Waals surface area contributed by atoms with Crippen LogP contribution in [-0.2, 0) is 17.8 Å². The van der Waals surface area contributed by atoms with Crippen molar-refractivity contribution in [3.63, 3.8) is 0 Å². The van der Waals surface area contributed by atoms with E-state index in [1.807, 2.05) is 36.4 Å². The molecule has 2 N–H and O–H groups in total. The zero-order valence-electron chi connectivity index (χ0n) is 12.5. The summed E-state index contributed by atoms with van der Waals surface area (Å²) in [5.41, 5.74) is 1.69. The summed E-state index contributed by atoms with van der Waals surface area (Å²) in [7, 11) is 0. The molecule has 0 spiro atoms. The summed E-state index contributed by atoms with van der Waals surface area (Å²) in [4.78, 5) is 14.1. The summed E-state index contributed by atoms with van der Waals surface area (Å²) in [6.07, 6.45) is 1.70. The normalized spacial score (nSPS) is 22.4. The summed E-state index contributed by atoms with van der Waals surface area (Å²) >= 11 is 0. The van der Waals surface area contributed by atoms with Crippen molar-refractivity contribution in [2.24, 2.45) is 0 Å². The van der Waals surface area contributed by atoms with Gasteiger partial charge in [-0.25, -0.2) is 0 Å². The highest BCUT2D eigenvalue weighted by molar-refractivity contribution is 5.64. The molecule has 1 unspecified atom stereocenters. The van der Waals surface area contributed by atoms with Gasteiger partial charge < -0.3 is 0 Å². The number of benzene rings is 2.